The summed E-state index contributed by atoms with van der Waals surface area (Å²) in [6.07, 6.45) is 6.82. The number of halogens is 1. The topological polar surface area (TPSA) is 43.2 Å². The van der Waals surface area contributed by atoms with Crippen molar-refractivity contribution in [2.24, 2.45) is 0 Å². The first-order valence-corrected chi connectivity index (χ1v) is 6.98. The predicted octanol–water partition coefficient (Wildman–Crippen LogP) is 2.31. The molecule has 0 aliphatic carbocycles. The molecule has 5 nitrogen and oxygen atoms in total. The van der Waals surface area contributed by atoms with E-state index in [4.69, 9.17) is 16.3 Å². The number of likely N-dealkylation sites (tertiary alicyclic amines) is 1. The Morgan fingerprint density at radius 2 is 2.30 bits per heavy atom. The Labute approximate surface area is 123 Å². The Bertz CT molecular complexity index is 613. The highest BCUT2D eigenvalue weighted by atomic mass is 35.5. The SMILES string of the molecule is COc1cc(Cl)ncc1-c1cnn(CC2CCN2C)c1. The van der Waals surface area contributed by atoms with Gasteiger partial charge in [-0.15, -0.1) is 0 Å². The van der Waals surface area contributed by atoms with E-state index in [1.807, 2.05) is 17.1 Å². The van der Waals surface area contributed by atoms with Gasteiger partial charge >= 0.3 is 0 Å². The zero-order valence-corrected chi connectivity index (χ0v) is 12.3. The van der Waals surface area contributed by atoms with E-state index in [2.05, 4.69) is 22.0 Å². The molecule has 0 spiro atoms. The van der Waals surface area contributed by atoms with Crippen LogP contribution in [-0.2, 0) is 6.54 Å². The van der Waals surface area contributed by atoms with Crippen molar-refractivity contribution in [3.05, 3.63) is 29.8 Å². The molecule has 0 N–H and O–H groups in total. The summed E-state index contributed by atoms with van der Waals surface area (Å²) in [6, 6.07) is 2.31. The number of likely N-dealkylation sites (N-methyl/N-ethyl adjacent to an activating group) is 1. The first-order chi connectivity index (χ1) is 9.67. The molecule has 0 amide bonds. The molecule has 1 unspecified atom stereocenters. The van der Waals surface area contributed by atoms with E-state index in [0.717, 1.165) is 17.7 Å². The maximum atomic E-state index is 5.88. The van der Waals surface area contributed by atoms with Crippen molar-refractivity contribution in [3.63, 3.8) is 0 Å². The van der Waals surface area contributed by atoms with Crippen molar-refractivity contribution in [1.82, 2.24) is 19.7 Å². The molecule has 1 atom stereocenters. The fourth-order valence-electron chi connectivity index (χ4n) is 2.42. The Morgan fingerprint density at radius 3 is 2.95 bits per heavy atom. The van der Waals surface area contributed by atoms with Crippen LogP contribution in [-0.4, -0.2) is 46.4 Å². The monoisotopic (exact) mass is 292 g/mol. The fraction of sp³-hybridized carbons (Fsp3) is 0.429. The van der Waals surface area contributed by atoms with Crippen LogP contribution in [0.15, 0.2) is 24.7 Å². The summed E-state index contributed by atoms with van der Waals surface area (Å²) in [5.41, 5.74) is 1.90. The molecule has 6 heteroatoms. The van der Waals surface area contributed by atoms with E-state index in [9.17, 15) is 0 Å². The Balaban J connectivity index is 1.82. The van der Waals surface area contributed by atoms with E-state index in [0.29, 0.717) is 16.9 Å². The molecular weight excluding hydrogens is 276 g/mol. The van der Waals surface area contributed by atoms with Gasteiger partial charge in [0.15, 0.2) is 0 Å². The number of nitrogens with zero attached hydrogens (tertiary/aromatic N) is 4. The first kappa shape index (κ1) is 13.4. The first-order valence-electron chi connectivity index (χ1n) is 6.60. The van der Waals surface area contributed by atoms with Crippen LogP contribution in [0, 0.1) is 0 Å². The van der Waals surface area contributed by atoms with Crippen LogP contribution in [0.5, 0.6) is 5.75 Å². The second kappa shape index (κ2) is 5.42. The summed E-state index contributed by atoms with van der Waals surface area (Å²) in [4.78, 5) is 6.45. The van der Waals surface area contributed by atoms with Crippen LogP contribution in [0.4, 0.5) is 0 Å². The van der Waals surface area contributed by atoms with Crippen molar-refractivity contribution >= 4 is 11.6 Å². The van der Waals surface area contributed by atoms with Gasteiger partial charge in [0.25, 0.3) is 0 Å². The average Bonchev–Trinajstić information content (AvgIpc) is 2.91. The summed E-state index contributed by atoms with van der Waals surface area (Å²) in [6.45, 7) is 2.09. The van der Waals surface area contributed by atoms with E-state index in [-0.39, 0.29) is 0 Å². The molecule has 1 aliphatic rings. The van der Waals surface area contributed by atoms with Crippen LogP contribution in [0.1, 0.15) is 6.42 Å². The van der Waals surface area contributed by atoms with Crippen LogP contribution in [0.2, 0.25) is 5.15 Å². The maximum absolute atomic E-state index is 5.88. The third-order valence-corrected chi connectivity index (χ3v) is 4.04. The third-order valence-electron chi connectivity index (χ3n) is 3.83. The minimum atomic E-state index is 0.425. The van der Waals surface area contributed by atoms with E-state index in [1.54, 1.807) is 19.4 Å². The number of rotatable bonds is 4. The lowest BCUT2D eigenvalue weighted by Crippen LogP contribution is -2.47. The average molecular weight is 293 g/mol. The highest BCUT2D eigenvalue weighted by molar-refractivity contribution is 6.29. The van der Waals surface area contributed by atoms with Crippen molar-refractivity contribution in [1.29, 1.82) is 0 Å². The second-order valence-corrected chi connectivity index (χ2v) is 5.47. The van der Waals surface area contributed by atoms with Gasteiger partial charge < -0.3 is 9.64 Å². The van der Waals surface area contributed by atoms with Crippen LogP contribution in [0.3, 0.4) is 0 Å². The highest BCUT2D eigenvalue weighted by Crippen LogP contribution is 2.30. The van der Waals surface area contributed by atoms with Gasteiger partial charge in [0.1, 0.15) is 10.9 Å². The van der Waals surface area contributed by atoms with Crippen LogP contribution >= 0.6 is 11.6 Å². The molecule has 0 saturated carbocycles. The third kappa shape index (κ3) is 2.51. The molecule has 1 fully saturated rings. The minimum absolute atomic E-state index is 0.425. The largest absolute Gasteiger partial charge is 0.496 e. The van der Waals surface area contributed by atoms with E-state index < -0.39 is 0 Å². The molecule has 3 heterocycles. The van der Waals surface area contributed by atoms with Crippen molar-refractivity contribution < 1.29 is 4.74 Å². The molecule has 106 valence electrons. The molecular formula is C14H17ClN4O. The molecule has 1 saturated heterocycles. The van der Waals surface area contributed by atoms with Gasteiger partial charge in [0.2, 0.25) is 0 Å². The lowest BCUT2D eigenvalue weighted by atomic mass is 10.1. The quantitative estimate of drug-likeness (QED) is 0.811. The van der Waals surface area contributed by atoms with Gasteiger partial charge in [-0.05, 0) is 20.0 Å². The van der Waals surface area contributed by atoms with E-state index in [1.165, 1.54) is 13.0 Å². The molecule has 0 aromatic carbocycles. The second-order valence-electron chi connectivity index (χ2n) is 5.08. The molecule has 20 heavy (non-hydrogen) atoms. The fourth-order valence-corrected chi connectivity index (χ4v) is 2.57. The Morgan fingerprint density at radius 1 is 1.45 bits per heavy atom. The van der Waals surface area contributed by atoms with Gasteiger partial charge in [-0.1, -0.05) is 11.6 Å². The normalized spacial score (nSPS) is 18.9. The van der Waals surface area contributed by atoms with Crippen molar-refractivity contribution in [2.75, 3.05) is 20.7 Å². The standard InChI is InChI=1S/C14H17ClN4O/c1-18-4-3-11(18)9-19-8-10(6-17-19)12-7-16-14(15)5-13(12)20-2/h5-8,11H,3-4,9H2,1-2H3. The maximum Gasteiger partial charge on any atom is 0.132 e. The summed E-state index contributed by atoms with van der Waals surface area (Å²) in [5, 5.41) is 4.85. The number of hydrogen-bond acceptors (Lipinski definition) is 4. The summed E-state index contributed by atoms with van der Waals surface area (Å²) in [5.74, 6) is 0.713. The number of hydrogen-bond donors (Lipinski definition) is 0. The lowest BCUT2D eigenvalue weighted by molar-refractivity contribution is 0.107. The lowest BCUT2D eigenvalue weighted by Gasteiger charge is -2.37. The number of pyridine rings is 1. The number of aromatic nitrogens is 3. The van der Waals surface area contributed by atoms with Gasteiger partial charge in [-0.2, -0.15) is 5.10 Å². The van der Waals surface area contributed by atoms with Crippen LogP contribution < -0.4 is 4.74 Å². The number of ether oxygens (including phenoxy) is 1. The van der Waals surface area contributed by atoms with Gasteiger partial charge in [-0.25, -0.2) is 4.98 Å². The number of methoxy groups -OCH3 is 1. The Hall–Kier alpha value is -1.59. The predicted molar refractivity (Wildman–Crippen MR) is 78.1 cm³/mol. The zero-order chi connectivity index (χ0) is 14.1. The molecule has 3 rings (SSSR count). The zero-order valence-electron chi connectivity index (χ0n) is 11.6. The minimum Gasteiger partial charge on any atom is -0.496 e. The summed E-state index contributed by atoms with van der Waals surface area (Å²) in [7, 11) is 3.77. The Kier molecular flexibility index (Phi) is 3.63. The van der Waals surface area contributed by atoms with Crippen LogP contribution in [0.25, 0.3) is 11.1 Å². The molecule has 0 radical (unpaired) electrons. The smallest absolute Gasteiger partial charge is 0.132 e. The van der Waals surface area contributed by atoms with Gasteiger partial charge in [-0.3, -0.25) is 4.68 Å². The van der Waals surface area contributed by atoms with Crippen molar-refractivity contribution in [3.8, 4) is 16.9 Å². The molecule has 0 bridgehead atoms. The molecule has 1 aliphatic heterocycles. The summed E-state index contributed by atoms with van der Waals surface area (Å²) >= 11 is 5.88. The van der Waals surface area contributed by atoms with E-state index >= 15 is 0 Å². The highest BCUT2D eigenvalue weighted by Gasteiger charge is 2.24. The van der Waals surface area contributed by atoms with Gasteiger partial charge in [0.05, 0.1) is 19.9 Å². The molecule has 2 aromatic heterocycles. The van der Waals surface area contributed by atoms with Crippen molar-refractivity contribution in [2.45, 2.75) is 19.0 Å². The van der Waals surface area contributed by atoms with Gasteiger partial charge in [0, 0.05) is 35.6 Å². The summed E-state index contributed by atoms with van der Waals surface area (Å²) < 4.78 is 7.33. The molecule has 2 aromatic rings.